The van der Waals surface area contributed by atoms with Gasteiger partial charge in [0.2, 0.25) is 11.8 Å². The van der Waals surface area contributed by atoms with Gasteiger partial charge in [-0.15, -0.1) is 0 Å². The number of rotatable bonds is 8. The number of ether oxygens (including phenoxy) is 1. The third-order valence-electron chi connectivity index (χ3n) is 4.71. The van der Waals surface area contributed by atoms with Crippen LogP contribution in [0, 0.1) is 5.82 Å². The van der Waals surface area contributed by atoms with Crippen molar-refractivity contribution in [1.82, 2.24) is 5.27 Å². The first-order chi connectivity index (χ1) is 17.0. The average Bonchev–Trinajstić information content (AvgIpc) is 3.42. The minimum absolute atomic E-state index is 0.0119. The van der Waals surface area contributed by atoms with Gasteiger partial charge in [0, 0.05) is 18.4 Å². The van der Waals surface area contributed by atoms with Gasteiger partial charge in [0.1, 0.15) is 18.1 Å². The summed E-state index contributed by atoms with van der Waals surface area (Å²) >= 11 is 7.13. The van der Waals surface area contributed by atoms with E-state index in [4.69, 9.17) is 20.9 Å². The third kappa shape index (κ3) is 5.94. The van der Waals surface area contributed by atoms with Crippen LogP contribution in [0.25, 0.3) is 6.08 Å². The predicted molar refractivity (Wildman–Crippen MR) is 129 cm³/mol. The summed E-state index contributed by atoms with van der Waals surface area (Å²) in [7, 11) is 1.56. The minimum atomic E-state index is -0.580. The molecule has 0 spiro atoms. The van der Waals surface area contributed by atoms with E-state index in [0.29, 0.717) is 18.8 Å². The number of carbonyl (C=O) groups is 1. The van der Waals surface area contributed by atoms with E-state index in [2.05, 4.69) is 15.3 Å². The second kappa shape index (κ2) is 11.3. The van der Waals surface area contributed by atoms with E-state index in [1.54, 1.807) is 31.4 Å². The van der Waals surface area contributed by atoms with E-state index >= 15 is 0 Å². The van der Waals surface area contributed by atoms with Gasteiger partial charge in [-0.1, -0.05) is 47.6 Å². The molecule has 2 aromatic carbocycles. The molecule has 4 rings (SSSR count). The molecule has 35 heavy (non-hydrogen) atoms. The molecule has 1 amide bonds. The molecule has 12 heteroatoms. The summed E-state index contributed by atoms with van der Waals surface area (Å²) in [5.74, 6) is -1.64. The molecule has 0 radical (unpaired) electrons. The number of anilines is 1. The van der Waals surface area contributed by atoms with Gasteiger partial charge in [0.15, 0.2) is 5.17 Å². The smallest absolute Gasteiger partial charge is 0.320 e. The molecule has 2 heterocycles. The second-order valence-electron chi connectivity index (χ2n) is 7.13. The van der Waals surface area contributed by atoms with Crippen LogP contribution in [0.4, 0.5) is 16.0 Å². The number of carbonyl (C=O) groups excluding carboxylic acids is 1. The van der Waals surface area contributed by atoms with Gasteiger partial charge < -0.3 is 9.84 Å². The molecule has 0 atom stereocenters. The van der Waals surface area contributed by atoms with Crippen LogP contribution in [-0.4, -0.2) is 41.7 Å². The molecule has 0 saturated heterocycles. The fourth-order valence-electron chi connectivity index (χ4n) is 3.07. The van der Waals surface area contributed by atoms with E-state index in [-0.39, 0.29) is 33.1 Å². The number of halogens is 2. The summed E-state index contributed by atoms with van der Waals surface area (Å²) in [4.78, 5) is 22.8. The zero-order valence-electron chi connectivity index (χ0n) is 18.4. The van der Waals surface area contributed by atoms with Crippen molar-refractivity contribution in [3.05, 3.63) is 76.8 Å². The first-order valence-corrected chi connectivity index (χ1v) is 11.7. The maximum Gasteiger partial charge on any atom is 0.320 e. The van der Waals surface area contributed by atoms with Crippen molar-refractivity contribution in [2.45, 2.75) is 6.54 Å². The number of benzene rings is 2. The third-order valence-corrected chi connectivity index (χ3v) is 5.96. The second-order valence-corrected chi connectivity index (χ2v) is 8.48. The van der Waals surface area contributed by atoms with Gasteiger partial charge in [-0.25, -0.2) is 14.4 Å². The Labute approximate surface area is 209 Å². The number of nitrogens with zero attached hydrogens (tertiary/aromatic N) is 5. The zero-order chi connectivity index (χ0) is 24.8. The molecule has 0 bridgehead atoms. The van der Waals surface area contributed by atoms with Crippen LogP contribution in [0.2, 0.25) is 5.02 Å². The fourth-order valence-corrected chi connectivity index (χ4v) is 4.09. The van der Waals surface area contributed by atoms with Crippen molar-refractivity contribution in [2.75, 3.05) is 24.4 Å². The number of amides is 1. The molecule has 3 aromatic rings. The molecule has 180 valence electrons. The minimum Gasteiger partial charge on any atom is -0.861 e. The Morgan fingerprint density at radius 2 is 2.11 bits per heavy atom. The Balaban J connectivity index is 1.57. The lowest BCUT2D eigenvalue weighted by atomic mass is 10.1. The maximum atomic E-state index is 14.3. The number of aromatic nitrogens is 2. The summed E-state index contributed by atoms with van der Waals surface area (Å²) in [6.45, 7) is 0.877. The van der Waals surface area contributed by atoms with Gasteiger partial charge >= 0.3 is 5.88 Å². The van der Waals surface area contributed by atoms with Crippen molar-refractivity contribution in [2.24, 2.45) is 9.98 Å². The predicted octanol–water partition coefficient (Wildman–Crippen LogP) is 2.97. The first-order valence-electron chi connectivity index (χ1n) is 10.3. The highest BCUT2D eigenvalue weighted by Crippen LogP contribution is 2.31. The van der Waals surface area contributed by atoms with E-state index in [1.165, 1.54) is 40.1 Å². The van der Waals surface area contributed by atoms with Crippen LogP contribution in [-0.2, 0) is 16.1 Å². The highest BCUT2D eigenvalue weighted by atomic mass is 35.5. The fraction of sp³-hybridized carbons (Fsp3) is 0.174. The number of para-hydroxylation sites is 1. The Morgan fingerprint density at radius 3 is 2.86 bits per heavy atom. The first kappa shape index (κ1) is 24.6. The van der Waals surface area contributed by atoms with E-state index in [1.807, 2.05) is 6.07 Å². The topological polar surface area (TPSA) is 107 Å². The molecular weight excluding hydrogens is 497 g/mol. The van der Waals surface area contributed by atoms with Gasteiger partial charge in [-0.05, 0) is 40.9 Å². The monoisotopic (exact) mass is 515 g/mol. The average molecular weight is 516 g/mol. The molecule has 1 aromatic heterocycles. The van der Waals surface area contributed by atoms with Gasteiger partial charge in [-0.2, -0.15) is 0 Å². The van der Waals surface area contributed by atoms with Crippen LogP contribution < -0.4 is 14.7 Å². The molecule has 1 aliphatic heterocycles. The molecule has 0 saturated carbocycles. The van der Waals surface area contributed by atoms with E-state index in [0.717, 1.165) is 11.8 Å². The lowest BCUT2D eigenvalue weighted by molar-refractivity contribution is -0.763. The Morgan fingerprint density at radius 1 is 1.31 bits per heavy atom. The van der Waals surface area contributed by atoms with Crippen molar-refractivity contribution < 1.29 is 28.2 Å². The van der Waals surface area contributed by atoms with Gasteiger partial charge in [-0.3, -0.25) is 14.2 Å². The molecule has 0 N–H and O–H groups in total. The van der Waals surface area contributed by atoms with Crippen molar-refractivity contribution >= 4 is 58.0 Å². The Bertz CT molecular complexity index is 1290. The van der Waals surface area contributed by atoms with Crippen LogP contribution in [0.1, 0.15) is 5.56 Å². The molecule has 0 fully saturated rings. The maximum absolute atomic E-state index is 14.3. The SMILES string of the molecule is COCC[n+]1cc(/N=C(\[O-])CSC2=N/C(=C\c3c(F)cccc3Cl)C(=O)N2c2ccccc2)on1. The molecule has 1 aliphatic rings. The summed E-state index contributed by atoms with van der Waals surface area (Å²) in [6, 6.07) is 13.0. The number of methoxy groups -OCH3 is 1. The van der Waals surface area contributed by atoms with Crippen molar-refractivity contribution in [3.8, 4) is 0 Å². The van der Waals surface area contributed by atoms with Gasteiger partial charge in [0.05, 0.1) is 10.7 Å². The molecule has 9 nitrogen and oxygen atoms in total. The number of thioether (sulfide) groups is 1. The molecular formula is C23H19ClFN5O4S. The molecule has 0 aliphatic carbocycles. The summed E-state index contributed by atoms with van der Waals surface area (Å²) < 4.78 is 25.7. The number of amidine groups is 1. The zero-order valence-corrected chi connectivity index (χ0v) is 20.0. The number of hydrogen-bond acceptors (Lipinski definition) is 8. The molecule has 0 unspecified atom stereocenters. The Hall–Kier alpha value is -3.54. The van der Waals surface area contributed by atoms with Crippen molar-refractivity contribution in [1.29, 1.82) is 0 Å². The Kier molecular flexibility index (Phi) is 7.91. The summed E-state index contributed by atoms with van der Waals surface area (Å²) in [6.07, 6.45) is 2.77. The summed E-state index contributed by atoms with van der Waals surface area (Å²) in [5, 5.41) is 16.6. The number of hydrogen-bond donors (Lipinski definition) is 0. The van der Waals surface area contributed by atoms with Crippen LogP contribution >= 0.6 is 23.4 Å². The van der Waals surface area contributed by atoms with E-state index in [9.17, 15) is 14.3 Å². The van der Waals surface area contributed by atoms with Crippen molar-refractivity contribution in [3.63, 3.8) is 0 Å². The largest absolute Gasteiger partial charge is 0.861 e. The van der Waals surface area contributed by atoms with Crippen LogP contribution in [0.3, 0.4) is 0 Å². The van der Waals surface area contributed by atoms with Crippen LogP contribution in [0.5, 0.6) is 0 Å². The number of aliphatic imine (C=N–C) groups is 2. The lowest BCUT2D eigenvalue weighted by Crippen LogP contribution is -2.36. The van der Waals surface area contributed by atoms with E-state index < -0.39 is 17.6 Å². The highest BCUT2D eigenvalue weighted by Gasteiger charge is 2.32. The van der Waals surface area contributed by atoms with Gasteiger partial charge in [0.25, 0.3) is 12.1 Å². The normalized spacial score (nSPS) is 15.2. The standard InChI is InChI=1S/C23H19ClFN5O4S/c1-33-11-10-29-13-21(34-28-29)27-20(31)14-35-23-26-19(12-16-17(24)8-5-9-18(16)25)22(32)30(23)15-6-3-2-4-7-15/h2-9,12-13H,10-11,14H2,1H3/b19-12-. The quantitative estimate of drug-likeness (QED) is 0.197. The lowest BCUT2D eigenvalue weighted by Gasteiger charge is -2.18. The highest BCUT2D eigenvalue weighted by molar-refractivity contribution is 8.14. The van der Waals surface area contributed by atoms with Crippen LogP contribution in [0.15, 0.2) is 74.9 Å². The summed E-state index contributed by atoms with van der Waals surface area (Å²) in [5.41, 5.74) is 0.589.